The van der Waals surface area contributed by atoms with Gasteiger partial charge in [0.1, 0.15) is 17.6 Å². The van der Waals surface area contributed by atoms with Gasteiger partial charge >= 0.3 is 0 Å². The van der Waals surface area contributed by atoms with E-state index in [0.717, 1.165) is 16.3 Å². The number of pyridine rings is 1. The van der Waals surface area contributed by atoms with E-state index >= 15 is 0 Å². The van der Waals surface area contributed by atoms with E-state index in [0.29, 0.717) is 67.2 Å². The Morgan fingerprint density at radius 1 is 1.18 bits per heavy atom. The summed E-state index contributed by atoms with van der Waals surface area (Å²) in [6.07, 6.45) is 9.72. The van der Waals surface area contributed by atoms with Gasteiger partial charge in [-0.15, -0.1) is 11.3 Å². The number of amides is 1. The molecule has 0 atom stereocenters. The highest BCUT2D eigenvalue weighted by atomic mass is 32.1. The summed E-state index contributed by atoms with van der Waals surface area (Å²) in [5, 5.41) is 11.0. The third-order valence-corrected chi connectivity index (χ3v) is 7.83. The van der Waals surface area contributed by atoms with Crippen molar-refractivity contribution in [2.75, 3.05) is 44.8 Å². The number of fused-ring (bicyclic) bond motifs is 1. The molecule has 1 aliphatic carbocycles. The van der Waals surface area contributed by atoms with Gasteiger partial charge in [-0.25, -0.2) is 9.97 Å². The number of thiazole rings is 1. The molecule has 2 fully saturated rings. The molecule has 0 radical (unpaired) electrons. The van der Waals surface area contributed by atoms with Crippen molar-refractivity contribution in [1.82, 2.24) is 19.3 Å². The first-order valence-corrected chi connectivity index (χ1v) is 13.9. The Labute approximate surface area is 230 Å². The van der Waals surface area contributed by atoms with Crippen LogP contribution in [0.1, 0.15) is 40.2 Å². The van der Waals surface area contributed by atoms with E-state index in [1.165, 1.54) is 24.2 Å². The van der Waals surface area contributed by atoms with Crippen LogP contribution in [0.5, 0.6) is 11.5 Å². The van der Waals surface area contributed by atoms with E-state index < -0.39 is 0 Å². The minimum Gasteiger partial charge on any atom is -0.493 e. The number of hydrogen-bond donors (Lipinski definition) is 0. The third kappa shape index (κ3) is 5.18. The van der Waals surface area contributed by atoms with Gasteiger partial charge in [0, 0.05) is 49.5 Å². The van der Waals surface area contributed by atoms with Crippen LogP contribution in [0.3, 0.4) is 0 Å². The van der Waals surface area contributed by atoms with E-state index in [2.05, 4.69) is 16.0 Å². The normalized spacial score (nSPS) is 15.6. The number of nitriles is 1. The van der Waals surface area contributed by atoms with Crippen LogP contribution in [0.15, 0.2) is 48.1 Å². The standard InChI is InChI=1S/C29H28N6O3S/c1-37-24-4-2-3-22(27(24)38-19-20-5-6-20)8-9-23-26(35-15-16-39-29(35)32-23)28(36)34-13-11-33(12-14-34)25-10-7-21(17-30)18-31-25/h2-4,7-10,15-16,18,20H,5-6,11-14,19H2,1H3. The predicted octanol–water partition coefficient (Wildman–Crippen LogP) is 4.59. The number of para-hydroxylation sites is 1. The van der Waals surface area contributed by atoms with Crippen molar-refractivity contribution in [3.8, 4) is 17.6 Å². The SMILES string of the molecule is COc1cccc(C=Cc2nc3sccn3c2C(=O)N2CCN(c3ccc(C#N)cn3)CC2)c1OCC1CC1. The Morgan fingerprint density at radius 3 is 2.74 bits per heavy atom. The van der Waals surface area contributed by atoms with Crippen molar-refractivity contribution in [2.45, 2.75) is 12.8 Å². The summed E-state index contributed by atoms with van der Waals surface area (Å²) in [4.78, 5) is 27.7. The maximum atomic E-state index is 13.8. The summed E-state index contributed by atoms with van der Waals surface area (Å²) in [5.41, 5.74) is 2.59. The second-order valence-electron chi connectivity index (χ2n) is 9.66. The van der Waals surface area contributed by atoms with E-state index in [1.54, 1.807) is 19.4 Å². The van der Waals surface area contributed by atoms with Crippen LogP contribution in [0.25, 0.3) is 17.1 Å². The predicted molar refractivity (Wildman–Crippen MR) is 150 cm³/mol. The molecule has 39 heavy (non-hydrogen) atoms. The molecule has 0 unspecified atom stereocenters. The number of aromatic nitrogens is 3. The molecule has 1 aromatic carbocycles. The second-order valence-corrected chi connectivity index (χ2v) is 10.5. The number of nitrogens with zero attached hydrogens (tertiary/aromatic N) is 6. The minimum atomic E-state index is -0.0520. The topological polar surface area (TPSA) is 96.0 Å². The van der Waals surface area contributed by atoms with Crippen LogP contribution < -0.4 is 14.4 Å². The molecule has 1 saturated carbocycles. The third-order valence-electron chi connectivity index (χ3n) is 7.07. The van der Waals surface area contributed by atoms with Crippen molar-refractivity contribution < 1.29 is 14.3 Å². The minimum absolute atomic E-state index is 0.0520. The number of ether oxygens (including phenoxy) is 2. The fourth-order valence-corrected chi connectivity index (χ4v) is 5.41. The van der Waals surface area contributed by atoms with Gasteiger partial charge in [0.15, 0.2) is 16.5 Å². The summed E-state index contributed by atoms with van der Waals surface area (Å²) in [5.74, 6) is 2.78. The average Bonchev–Trinajstić information content (AvgIpc) is 3.60. The average molecular weight is 541 g/mol. The summed E-state index contributed by atoms with van der Waals surface area (Å²) < 4.78 is 13.6. The molecule has 0 bridgehead atoms. The molecule has 0 spiro atoms. The van der Waals surface area contributed by atoms with E-state index in [4.69, 9.17) is 19.7 Å². The van der Waals surface area contributed by atoms with Gasteiger partial charge in [-0.05, 0) is 49.1 Å². The first-order valence-electron chi connectivity index (χ1n) is 13.0. The molecule has 0 N–H and O–H groups in total. The Kier molecular flexibility index (Phi) is 6.90. The lowest BCUT2D eigenvalue weighted by atomic mass is 10.1. The lowest BCUT2D eigenvalue weighted by molar-refractivity contribution is 0.0739. The molecule has 9 nitrogen and oxygen atoms in total. The highest BCUT2D eigenvalue weighted by Crippen LogP contribution is 2.36. The number of carbonyl (C=O) groups excluding carboxylic acids is 1. The van der Waals surface area contributed by atoms with Crippen LogP contribution in [0.2, 0.25) is 0 Å². The number of anilines is 1. The van der Waals surface area contributed by atoms with Crippen LogP contribution in [0.4, 0.5) is 5.82 Å². The highest BCUT2D eigenvalue weighted by Gasteiger charge is 2.28. The first kappa shape index (κ1) is 24.9. The molecular formula is C29H28N6O3S. The molecule has 198 valence electrons. The lowest BCUT2D eigenvalue weighted by Crippen LogP contribution is -2.49. The van der Waals surface area contributed by atoms with Gasteiger partial charge in [-0.2, -0.15) is 5.26 Å². The van der Waals surface area contributed by atoms with Gasteiger partial charge in [0.25, 0.3) is 5.91 Å². The monoisotopic (exact) mass is 540 g/mol. The van der Waals surface area contributed by atoms with Crippen LogP contribution >= 0.6 is 11.3 Å². The highest BCUT2D eigenvalue weighted by molar-refractivity contribution is 7.15. The lowest BCUT2D eigenvalue weighted by Gasteiger charge is -2.35. The number of carbonyl (C=O) groups is 1. The Hall–Kier alpha value is -4.36. The molecule has 10 heteroatoms. The number of benzene rings is 1. The molecule has 1 aliphatic heterocycles. The van der Waals surface area contributed by atoms with Crippen LogP contribution in [0, 0.1) is 17.2 Å². The van der Waals surface area contributed by atoms with Crippen molar-refractivity contribution in [2.24, 2.45) is 5.92 Å². The molecule has 3 aromatic heterocycles. The Bertz CT molecular complexity index is 1560. The fourth-order valence-electron chi connectivity index (χ4n) is 4.69. The summed E-state index contributed by atoms with van der Waals surface area (Å²) in [6, 6.07) is 11.5. The van der Waals surface area contributed by atoms with Crippen molar-refractivity contribution >= 4 is 40.2 Å². The Balaban J connectivity index is 1.23. The Morgan fingerprint density at radius 2 is 2.03 bits per heavy atom. The largest absolute Gasteiger partial charge is 0.493 e. The van der Waals surface area contributed by atoms with Crippen molar-refractivity contribution in [1.29, 1.82) is 5.26 Å². The summed E-state index contributed by atoms with van der Waals surface area (Å²) in [7, 11) is 1.64. The molecule has 1 saturated heterocycles. The smallest absolute Gasteiger partial charge is 0.273 e. The zero-order valence-electron chi connectivity index (χ0n) is 21.6. The molecular weight excluding hydrogens is 512 g/mol. The van der Waals surface area contributed by atoms with Gasteiger partial charge in [-0.3, -0.25) is 9.20 Å². The number of hydrogen-bond acceptors (Lipinski definition) is 8. The van der Waals surface area contributed by atoms with Gasteiger partial charge in [0.2, 0.25) is 0 Å². The second kappa shape index (κ2) is 10.8. The van der Waals surface area contributed by atoms with Crippen LogP contribution in [-0.2, 0) is 0 Å². The summed E-state index contributed by atoms with van der Waals surface area (Å²) in [6.45, 7) is 3.13. The number of piperazine rings is 1. The zero-order valence-corrected chi connectivity index (χ0v) is 22.4. The molecule has 1 amide bonds. The molecule has 4 aromatic rings. The van der Waals surface area contributed by atoms with Crippen molar-refractivity contribution in [3.63, 3.8) is 0 Å². The van der Waals surface area contributed by atoms with Gasteiger partial charge in [-0.1, -0.05) is 12.1 Å². The number of methoxy groups -OCH3 is 1. The quantitative estimate of drug-likeness (QED) is 0.322. The molecule has 6 rings (SSSR count). The summed E-state index contributed by atoms with van der Waals surface area (Å²) >= 11 is 1.50. The zero-order chi connectivity index (χ0) is 26.8. The first-order chi connectivity index (χ1) is 19.1. The molecule has 4 heterocycles. The fraction of sp³-hybridized carbons (Fsp3) is 0.310. The number of imidazole rings is 1. The van der Waals surface area contributed by atoms with E-state index in [1.807, 2.05) is 57.3 Å². The van der Waals surface area contributed by atoms with Crippen LogP contribution in [-0.4, -0.2) is 65.1 Å². The van der Waals surface area contributed by atoms with Crippen molar-refractivity contribution in [3.05, 3.63) is 70.6 Å². The number of rotatable bonds is 8. The van der Waals surface area contributed by atoms with E-state index in [-0.39, 0.29) is 5.91 Å². The van der Waals surface area contributed by atoms with E-state index in [9.17, 15) is 4.79 Å². The maximum Gasteiger partial charge on any atom is 0.273 e. The van der Waals surface area contributed by atoms with Gasteiger partial charge in [0.05, 0.1) is 25.0 Å². The molecule has 2 aliphatic rings. The van der Waals surface area contributed by atoms with Gasteiger partial charge < -0.3 is 19.3 Å². The maximum absolute atomic E-state index is 13.8.